The number of guanidine groups is 1. The van der Waals surface area contributed by atoms with Crippen molar-refractivity contribution in [3.8, 4) is 5.75 Å². The van der Waals surface area contributed by atoms with Crippen LogP contribution < -0.4 is 15.4 Å². The highest BCUT2D eigenvalue weighted by Gasteiger charge is 2.49. The van der Waals surface area contributed by atoms with Crippen molar-refractivity contribution in [2.45, 2.75) is 18.8 Å². The van der Waals surface area contributed by atoms with Gasteiger partial charge >= 0.3 is 6.03 Å². The van der Waals surface area contributed by atoms with Crippen LogP contribution in [0.25, 0.3) is 0 Å². The number of carbonyl (C=O) groups excluding carboxylic acids is 2. The minimum atomic E-state index is -0.532. The molecule has 8 heteroatoms. The summed E-state index contributed by atoms with van der Waals surface area (Å²) in [5.74, 6) is 1.02. The van der Waals surface area contributed by atoms with E-state index >= 15 is 0 Å². The fourth-order valence-electron chi connectivity index (χ4n) is 2.96. The molecule has 2 N–H and O–H groups in total. The number of hydrogen-bond donors (Lipinski definition) is 2. The van der Waals surface area contributed by atoms with Crippen LogP contribution in [-0.2, 0) is 11.3 Å². The zero-order valence-corrected chi connectivity index (χ0v) is 14.2. The summed E-state index contributed by atoms with van der Waals surface area (Å²) in [6, 6.07) is 6.66. The number of urea groups is 1. The Kier molecular flexibility index (Phi) is 4.60. The number of rotatable bonds is 5. The largest absolute Gasteiger partial charge is 0.497 e. The van der Waals surface area contributed by atoms with E-state index in [2.05, 4.69) is 22.2 Å². The number of amides is 3. The highest BCUT2D eigenvalue weighted by atomic mass is 16.5. The number of carbonyl (C=O) groups is 2. The number of ether oxygens (including phenoxy) is 1. The molecule has 2 fully saturated rings. The van der Waals surface area contributed by atoms with Crippen LogP contribution in [0.4, 0.5) is 4.79 Å². The van der Waals surface area contributed by atoms with Crippen LogP contribution in [-0.4, -0.2) is 60.6 Å². The third-order valence-electron chi connectivity index (χ3n) is 4.32. The third-order valence-corrected chi connectivity index (χ3v) is 4.32. The van der Waals surface area contributed by atoms with E-state index in [1.807, 2.05) is 29.2 Å². The van der Waals surface area contributed by atoms with Gasteiger partial charge in [-0.2, -0.15) is 0 Å². The molecule has 1 aromatic rings. The van der Waals surface area contributed by atoms with Crippen LogP contribution >= 0.6 is 0 Å². The van der Waals surface area contributed by atoms with Gasteiger partial charge in [-0.1, -0.05) is 18.2 Å². The van der Waals surface area contributed by atoms with Gasteiger partial charge in [-0.25, -0.2) is 9.79 Å². The summed E-state index contributed by atoms with van der Waals surface area (Å²) >= 11 is 0. The number of fused-ring (bicyclic) bond motifs is 1. The molecule has 8 nitrogen and oxygen atoms in total. The molecule has 0 radical (unpaired) electrons. The van der Waals surface area contributed by atoms with Crippen LogP contribution in [0.5, 0.6) is 5.75 Å². The van der Waals surface area contributed by atoms with Crippen LogP contribution in [0.2, 0.25) is 0 Å². The van der Waals surface area contributed by atoms with Crippen molar-refractivity contribution in [2.24, 2.45) is 4.99 Å². The van der Waals surface area contributed by atoms with E-state index in [4.69, 9.17) is 4.74 Å². The van der Waals surface area contributed by atoms with Gasteiger partial charge in [0.1, 0.15) is 11.9 Å². The standard InChI is InChI=1S/C17H21N5O3/c1-4-9-22-13-14(21(2)17(24)20-15(13)23)19-16(22)18-10-11-5-7-12(25-3)8-6-11/h4-8,13-14H,1,9-10H2,2-3H3,(H,18,19)(H,20,23,24). The Balaban J connectivity index is 1.82. The second-order valence-electron chi connectivity index (χ2n) is 5.87. The fraction of sp³-hybridized carbons (Fsp3) is 0.353. The SMILES string of the molecule is C=CCN1C(=NCc2ccc(OC)cc2)NC2C1C(=O)NC(=O)N2C. The molecule has 2 aliphatic heterocycles. The van der Waals surface area contributed by atoms with Crippen molar-refractivity contribution in [3.05, 3.63) is 42.5 Å². The average Bonchev–Trinajstić information content (AvgIpc) is 2.98. The van der Waals surface area contributed by atoms with Crippen molar-refractivity contribution >= 4 is 17.9 Å². The average molecular weight is 343 g/mol. The molecule has 2 heterocycles. The van der Waals surface area contributed by atoms with E-state index in [0.717, 1.165) is 11.3 Å². The molecule has 0 bridgehead atoms. The molecular formula is C17H21N5O3. The fourth-order valence-corrected chi connectivity index (χ4v) is 2.96. The second kappa shape index (κ2) is 6.84. The molecule has 0 aliphatic carbocycles. The number of hydrogen-bond acceptors (Lipinski definition) is 4. The summed E-state index contributed by atoms with van der Waals surface area (Å²) in [5.41, 5.74) is 1.01. The lowest BCUT2D eigenvalue weighted by atomic mass is 10.1. The molecule has 3 rings (SSSR count). The molecule has 0 spiro atoms. The quantitative estimate of drug-likeness (QED) is 0.761. The Bertz CT molecular complexity index is 715. The van der Waals surface area contributed by atoms with Gasteiger partial charge in [0.15, 0.2) is 12.0 Å². The first-order chi connectivity index (χ1) is 12.0. The Labute approximate surface area is 146 Å². The first kappa shape index (κ1) is 16.8. The van der Waals surface area contributed by atoms with Crippen LogP contribution in [0.1, 0.15) is 5.56 Å². The molecule has 2 unspecified atom stereocenters. The number of imide groups is 1. The van der Waals surface area contributed by atoms with Crippen molar-refractivity contribution in [1.29, 1.82) is 0 Å². The Hall–Kier alpha value is -3.03. The maximum atomic E-state index is 12.3. The number of nitrogens with one attached hydrogen (secondary N) is 2. The minimum Gasteiger partial charge on any atom is -0.497 e. The smallest absolute Gasteiger partial charge is 0.325 e. The van der Waals surface area contributed by atoms with Gasteiger partial charge < -0.3 is 19.9 Å². The van der Waals surface area contributed by atoms with E-state index in [1.165, 1.54) is 4.90 Å². The maximum absolute atomic E-state index is 12.3. The topological polar surface area (TPSA) is 86.3 Å². The number of benzene rings is 1. The normalized spacial score (nSPS) is 24.0. The van der Waals surface area contributed by atoms with Gasteiger partial charge in [-0.15, -0.1) is 6.58 Å². The van der Waals surface area contributed by atoms with Crippen molar-refractivity contribution in [1.82, 2.24) is 20.4 Å². The Morgan fingerprint density at radius 3 is 2.68 bits per heavy atom. The van der Waals surface area contributed by atoms with Gasteiger partial charge in [0.25, 0.3) is 5.91 Å². The van der Waals surface area contributed by atoms with Gasteiger partial charge in [-0.05, 0) is 17.7 Å². The summed E-state index contributed by atoms with van der Waals surface area (Å²) < 4.78 is 5.14. The first-order valence-corrected chi connectivity index (χ1v) is 7.94. The molecular weight excluding hydrogens is 322 g/mol. The molecule has 1 aromatic carbocycles. The van der Waals surface area contributed by atoms with Crippen molar-refractivity contribution < 1.29 is 14.3 Å². The molecule has 3 amide bonds. The summed E-state index contributed by atoms with van der Waals surface area (Å²) in [6.45, 7) is 4.63. The Morgan fingerprint density at radius 2 is 2.04 bits per heavy atom. The predicted octanol–water partition coefficient (Wildman–Crippen LogP) is 0.519. The summed E-state index contributed by atoms with van der Waals surface area (Å²) in [6.07, 6.45) is 1.26. The van der Waals surface area contributed by atoms with E-state index < -0.39 is 18.2 Å². The van der Waals surface area contributed by atoms with Crippen LogP contribution in [0.15, 0.2) is 41.9 Å². The zero-order chi connectivity index (χ0) is 18.0. The third kappa shape index (κ3) is 3.15. The first-order valence-electron chi connectivity index (χ1n) is 7.94. The summed E-state index contributed by atoms with van der Waals surface area (Å²) in [7, 11) is 3.26. The molecule has 2 saturated heterocycles. The van der Waals surface area contributed by atoms with Gasteiger partial charge in [0, 0.05) is 13.6 Å². The van der Waals surface area contributed by atoms with E-state index in [1.54, 1.807) is 20.2 Å². The molecule has 0 aromatic heterocycles. The molecule has 0 saturated carbocycles. The van der Waals surface area contributed by atoms with E-state index in [-0.39, 0.29) is 5.91 Å². The lowest BCUT2D eigenvalue weighted by molar-refractivity contribution is -0.126. The number of methoxy groups -OCH3 is 1. The molecule has 2 atom stereocenters. The molecule has 25 heavy (non-hydrogen) atoms. The highest BCUT2D eigenvalue weighted by Crippen LogP contribution is 2.21. The van der Waals surface area contributed by atoms with Gasteiger partial charge in [0.05, 0.1) is 13.7 Å². The lowest BCUT2D eigenvalue weighted by Gasteiger charge is -2.35. The summed E-state index contributed by atoms with van der Waals surface area (Å²) in [5, 5.41) is 5.54. The van der Waals surface area contributed by atoms with E-state index in [9.17, 15) is 9.59 Å². The number of likely N-dealkylation sites (N-methyl/N-ethyl adjacent to an activating group) is 1. The highest BCUT2D eigenvalue weighted by molar-refractivity contribution is 6.04. The second-order valence-corrected chi connectivity index (χ2v) is 5.87. The van der Waals surface area contributed by atoms with Crippen LogP contribution in [0, 0.1) is 0 Å². The summed E-state index contributed by atoms with van der Waals surface area (Å²) in [4.78, 5) is 32.0. The number of nitrogens with zero attached hydrogens (tertiary/aromatic N) is 3. The van der Waals surface area contributed by atoms with Gasteiger partial charge in [0.2, 0.25) is 0 Å². The zero-order valence-electron chi connectivity index (χ0n) is 14.2. The lowest BCUT2D eigenvalue weighted by Crippen LogP contribution is -2.64. The predicted molar refractivity (Wildman–Crippen MR) is 93.0 cm³/mol. The van der Waals surface area contributed by atoms with Crippen molar-refractivity contribution in [2.75, 3.05) is 20.7 Å². The maximum Gasteiger partial charge on any atom is 0.325 e. The van der Waals surface area contributed by atoms with Gasteiger partial charge in [-0.3, -0.25) is 10.1 Å². The minimum absolute atomic E-state index is 0.336. The van der Waals surface area contributed by atoms with Crippen LogP contribution in [0.3, 0.4) is 0 Å². The number of aliphatic imine (C=N–C) groups is 1. The van der Waals surface area contributed by atoms with Crippen molar-refractivity contribution in [3.63, 3.8) is 0 Å². The van der Waals surface area contributed by atoms with E-state index in [0.29, 0.717) is 19.0 Å². The molecule has 132 valence electrons. The Morgan fingerprint density at radius 1 is 1.32 bits per heavy atom. The monoisotopic (exact) mass is 343 g/mol. The molecule has 2 aliphatic rings.